The number of aromatic nitrogens is 1. The number of hydrogen-bond donors (Lipinski definition) is 1. The lowest BCUT2D eigenvalue weighted by atomic mass is 9.83. The van der Waals surface area contributed by atoms with Gasteiger partial charge >= 0.3 is 0 Å². The van der Waals surface area contributed by atoms with Gasteiger partial charge in [0.1, 0.15) is 5.76 Å². The van der Waals surface area contributed by atoms with Crippen LogP contribution in [-0.4, -0.2) is 48.7 Å². The maximum Gasteiger partial charge on any atom is 0.254 e. The van der Waals surface area contributed by atoms with Gasteiger partial charge in [0, 0.05) is 31.5 Å². The van der Waals surface area contributed by atoms with E-state index >= 15 is 0 Å². The van der Waals surface area contributed by atoms with Crippen LogP contribution >= 0.6 is 0 Å². The van der Waals surface area contributed by atoms with Crippen LogP contribution in [0.4, 0.5) is 0 Å². The van der Waals surface area contributed by atoms with Gasteiger partial charge in [-0.1, -0.05) is 6.42 Å². The molecule has 1 aromatic rings. The predicted octanol–water partition coefficient (Wildman–Crippen LogP) is 2.00. The van der Waals surface area contributed by atoms with Gasteiger partial charge in [-0.25, -0.2) is 0 Å². The van der Waals surface area contributed by atoms with Crippen molar-refractivity contribution in [2.24, 2.45) is 5.92 Å². The van der Waals surface area contributed by atoms with E-state index in [0.29, 0.717) is 36.4 Å². The lowest BCUT2D eigenvalue weighted by molar-refractivity contribution is -0.121. The average molecular weight is 321 g/mol. The van der Waals surface area contributed by atoms with Crippen LogP contribution in [0, 0.1) is 5.92 Å². The van der Waals surface area contributed by atoms with E-state index < -0.39 is 0 Å². The minimum atomic E-state index is 0.0910. The maximum absolute atomic E-state index is 12.1. The Morgan fingerprint density at radius 1 is 1.39 bits per heavy atom. The molecule has 2 atom stereocenters. The highest BCUT2D eigenvalue weighted by molar-refractivity contribution is 5.76. The quantitative estimate of drug-likeness (QED) is 0.868. The number of ether oxygens (including phenoxy) is 1. The zero-order valence-electron chi connectivity index (χ0n) is 13.9. The number of fused-ring (bicyclic) bond motifs is 1. The molecule has 0 aliphatic carbocycles. The van der Waals surface area contributed by atoms with Gasteiger partial charge in [-0.15, -0.1) is 0 Å². The molecule has 1 amide bonds. The van der Waals surface area contributed by atoms with Gasteiger partial charge < -0.3 is 19.5 Å². The molecule has 2 aliphatic heterocycles. The van der Waals surface area contributed by atoms with E-state index in [2.05, 4.69) is 15.4 Å². The zero-order chi connectivity index (χ0) is 16.1. The summed E-state index contributed by atoms with van der Waals surface area (Å²) in [6.07, 6.45) is 7.44. The first-order chi connectivity index (χ1) is 11.3. The minimum absolute atomic E-state index is 0.0910. The van der Waals surface area contributed by atoms with Gasteiger partial charge in [-0.2, -0.15) is 0 Å². The van der Waals surface area contributed by atoms with Crippen LogP contribution in [0.1, 0.15) is 44.3 Å². The topological polar surface area (TPSA) is 67.6 Å². The molecule has 2 aliphatic rings. The monoisotopic (exact) mass is 321 g/mol. The lowest BCUT2D eigenvalue weighted by Gasteiger charge is -2.44. The highest BCUT2D eigenvalue weighted by atomic mass is 16.5. The molecule has 6 heteroatoms. The Labute approximate surface area is 137 Å². The van der Waals surface area contributed by atoms with E-state index in [9.17, 15) is 4.79 Å². The normalized spacial score (nSPS) is 24.9. The Morgan fingerprint density at radius 3 is 3.09 bits per heavy atom. The van der Waals surface area contributed by atoms with E-state index in [1.807, 2.05) is 0 Å². The van der Waals surface area contributed by atoms with Crippen molar-refractivity contribution < 1.29 is 14.1 Å². The molecule has 2 fully saturated rings. The van der Waals surface area contributed by atoms with Crippen molar-refractivity contribution in [1.82, 2.24) is 15.4 Å². The van der Waals surface area contributed by atoms with Gasteiger partial charge in [0.05, 0.1) is 7.11 Å². The van der Waals surface area contributed by atoms with Crippen LogP contribution in [0.3, 0.4) is 0 Å². The third kappa shape index (κ3) is 4.25. The molecule has 23 heavy (non-hydrogen) atoms. The molecule has 1 N–H and O–H groups in total. The Morgan fingerprint density at radius 2 is 2.26 bits per heavy atom. The minimum Gasteiger partial charge on any atom is -0.479 e. The molecule has 3 heterocycles. The standard InChI is InChI=1S/C17H27N3O3/c1-22-17-11-14(23-19-17)7-8-16(21)18-12-13-5-4-10-20-9-3-2-6-15(13)20/h11,13,15H,2-10,12H2,1H3,(H,18,21)/t13-,15+/m0/s1. The first-order valence-corrected chi connectivity index (χ1v) is 8.76. The van der Waals surface area contributed by atoms with Crippen molar-refractivity contribution in [2.75, 3.05) is 26.7 Å². The predicted molar refractivity (Wildman–Crippen MR) is 86.3 cm³/mol. The van der Waals surface area contributed by atoms with E-state index in [1.165, 1.54) is 45.2 Å². The largest absolute Gasteiger partial charge is 0.479 e. The van der Waals surface area contributed by atoms with Gasteiger partial charge in [0.25, 0.3) is 5.88 Å². The second-order valence-corrected chi connectivity index (χ2v) is 6.64. The second-order valence-electron chi connectivity index (χ2n) is 6.64. The number of amides is 1. The van der Waals surface area contributed by atoms with E-state index in [-0.39, 0.29) is 5.91 Å². The SMILES string of the molecule is COc1cc(CCC(=O)NC[C@@H]2CCCN3CCCC[C@H]23)on1. The number of nitrogens with one attached hydrogen (secondary N) is 1. The highest BCUT2D eigenvalue weighted by Crippen LogP contribution is 2.30. The molecule has 2 saturated heterocycles. The molecule has 1 aromatic heterocycles. The number of nitrogens with zero attached hydrogens (tertiary/aromatic N) is 2. The summed E-state index contributed by atoms with van der Waals surface area (Å²) >= 11 is 0. The molecule has 0 saturated carbocycles. The van der Waals surface area contributed by atoms with E-state index in [0.717, 1.165) is 6.54 Å². The van der Waals surface area contributed by atoms with E-state index in [4.69, 9.17) is 9.26 Å². The van der Waals surface area contributed by atoms with Crippen molar-refractivity contribution in [1.29, 1.82) is 0 Å². The van der Waals surface area contributed by atoms with Gasteiger partial charge in [-0.05, 0) is 49.8 Å². The smallest absolute Gasteiger partial charge is 0.254 e. The van der Waals surface area contributed by atoms with Crippen LogP contribution in [-0.2, 0) is 11.2 Å². The van der Waals surface area contributed by atoms with Crippen LogP contribution in [0.25, 0.3) is 0 Å². The fourth-order valence-electron chi connectivity index (χ4n) is 3.89. The molecular weight excluding hydrogens is 294 g/mol. The number of carbonyl (C=O) groups is 1. The fraction of sp³-hybridized carbons (Fsp3) is 0.765. The van der Waals surface area contributed by atoms with Gasteiger partial charge in [0.2, 0.25) is 5.91 Å². The molecule has 128 valence electrons. The number of piperidine rings is 2. The molecule has 0 aromatic carbocycles. The Balaban J connectivity index is 1.41. The van der Waals surface area contributed by atoms with Crippen molar-refractivity contribution in [3.63, 3.8) is 0 Å². The van der Waals surface area contributed by atoms with Gasteiger partial charge in [-0.3, -0.25) is 4.79 Å². The third-order valence-corrected chi connectivity index (χ3v) is 5.13. The lowest BCUT2D eigenvalue weighted by Crippen LogP contribution is -2.51. The summed E-state index contributed by atoms with van der Waals surface area (Å²) in [4.78, 5) is 14.7. The number of aryl methyl sites for hydroxylation is 1. The van der Waals surface area contributed by atoms with E-state index in [1.54, 1.807) is 13.2 Å². The Hall–Kier alpha value is -1.56. The van der Waals surface area contributed by atoms with Crippen molar-refractivity contribution in [2.45, 2.75) is 51.0 Å². The van der Waals surface area contributed by atoms with Crippen molar-refractivity contribution in [3.8, 4) is 5.88 Å². The summed E-state index contributed by atoms with van der Waals surface area (Å²) in [7, 11) is 1.55. The highest BCUT2D eigenvalue weighted by Gasteiger charge is 2.32. The summed E-state index contributed by atoms with van der Waals surface area (Å²) in [6, 6.07) is 2.41. The molecule has 0 unspecified atom stereocenters. The summed E-state index contributed by atoms with van der Waals surface area (Å²) in [5.74, 6) is 1.85. The molecule has 0 bridgehead atoms. The third-order valence-electron chi connectivity index (χ3n) is 5.13. The zero-order valence-corrected chi connectivity index (χ0v) is 13.9. The summed E-state index contributed by atoms with van der Waals surface area (Å²) in [5.41, 5.74) is 0. The summed E-state index contributed by atoms with van der Waals surface area (Å²) in [6.45, 7) is 3.28. The number of methoxy groups -OCH3 is 1. The summed E-state index contributed by atoms with van der Waals surface area (Å²) in [5, 5.41) is 6.86. The molecular formula is C17H27N3O3. The van der Waals surface area contributed by atoms with Crippen LogP contribution in [0.2, 0.25) is 0 Å². The Kier molecular flexibility index (Phi) is 5.54. The maximum atomic E-state index is 12.1. The number of hydrogen-bond acceptors (Lipinski definition) is 5. The Bertz CT molecular complexity index is 515. The molecule has 3 rings (SSSR count). The van der Waals surface area contributed by atoms with Crippen molar-refractivity contribution in [3.05, 3.63) is 11.8 Å². The number of rotatable bonds is 6. The van der Waals surface area contributed by atoms with Crippen LogP contribution < -0.4 is 10.1 Å². The summed E-state index contributed by atoms with van der Waals surface area (Å²) < 4.78 is 10.1. The van der Waals surface area contributed by atoms with Crippen LogP contribution in [0.5, 0.6) is 5.88 Å². The van der Waals surface area contributed by atoms with Gasteiger partial charge in [0.15, 0.2) is 0 Å². The number of carbonyl (C=O) groups excluding carboxylic acids is 1. The molecule has 6 nitrogen and oxygen atoms in total. The molecule has 0 radical (unpaired) electrons. The second kappa shape index (κ2) is 7.81. The average Bonchev–Trinajstić information content (AvgIpc) is 3.06. The van der Waals surface area contributed by atoms with Crippen LogP contribution in [0.15, 0.2) is 10.6 Å². The first-order valence-electron chi connectivity index (χ1n) is 8.76. The fourth-order valence-corrected chi connectivity index (χ4v) is 3.89. The first kappa shape index (κ1) is 16.3. The van der Waals surface area contributed by atoms with Crippen molar-refractivity contribution >= 4 is 5.91 Å². The molecule has 0 spiro atoms.